The molecule has 0 aliphatic carbocycles. The Morgan fingerprint density at radius 3 is 2.52 bits per heavy atom. The predicted octanol–water partition coefficient (Wildman–Crippen LogP) is 3.77. The van der Waals surface area contributed by atoms with Crippen LogP contribution in [0.15, 0.2) is 40.9 Å². The third-order valence-corrected chi connectivity index (χ3v) is 4.37. The van der Waals surface area contributed by atoms with E-state index >= 15 is 0 Å². The number of hydrogen-bond donors (Lipinski definition) is 0. The molecule has 0 radical (unpaired) electrons. The molecule has 6 nitrogen and oxygen atoms in total. The number of nitrogens with zero attached hydrogens (tertiary/aromatic N) is 2. The second kappa shape index (κ2) is 9.83. The lowest BCUT2D eigenvalue weighted by atomic mass is 10.2. The zero-order chi connectivity index (χ0) is 19.8. The Balaban J connectivity index is 2.02. The minimum atomic E-state index is -0.176. The van der Waals surface area contributed by atoms with Crippen molar-refractivity contribution in [2.24, 2.45) is 0 Å². The average molecular weight is 433 g/mol. The topological polar surface area (TPSA) is 71.8 Å². The summed E-state index contributed by atoms with van der Waals surface area (Å²) in [6.45, 7) is 2.57. The molecular formula is C20H21BrN2O4. The summed E-state index contributed by atoms with van der Waals surface area (Å²) >= 11 is 3.37. The summed E-state index contributed by atoms with van der Waals surface area (Å²) in [7, 11) is 3.33. The zero-order valence-electron chi connectivity index (χ0n) is 15.5. The molecule has 2 rings (SSSR count). The van der Waals surface area contributed by atoms with Gasteiger partial charge in [-0.15, -0.1) is 0 Å². The van der Waals surface area contributed by atoms with E-state index in [1.54, 1.807) is 31.2 Å². The molecule has 0 aromatic heterocycles. The largest absolute Gasteiger partial charge is 0.497 e. The van der Waals surface area contributed by atoms with Gasteiger partial charge in [-0.1, -0.05) is 12.1 Å². The van der Waals surface area contributed by atoms with Gasteiger partial charge in [0.2, 0.25) is 0 Å². The molecule has 0 unspecified atom stereocenters. The molecule has 0 aliphatic rings. The highest BCUT2D eigenvalue weighted by molar-refractivity contribution is 9.10. The Morgan fingerprint density at radius 2 is 1.93 bits per heavy atom. The van der Waals surface area contributed by atoms with Crippen LogP contribution in [0, 0.1) is 11.3 Å². The fourth-order valence-corrected chi connectivity index (χ4v) is 2.93. The summed E-state index contributed by atoms with van der Waals surface area (Å²) in [5, 5.41) is 9.07. The highest BCUT2D eigenvalue weighted by Crippen LogP contribution is 2.36. The van der Waals surface area contributed by atoms with Crippen molar-refractivity contribution in [3.8, 4) is 23.3 Å². The van der Waals surface area contributed by atoms with Crippen LogP contribution in [0.1, 0.15) is 18.1 Å². The summed E-state index contributed by atoms with van der Waals surface area (Å²) in [5.41, 5.74) is 1.43. The fraction of sp³-hybridized carbons (Fsp3) is 0.300. The van der Waals surface area contributed by atoms with E-state index in [9.17, 15) is 4.79 Å². The number of hydrogen-bond acceptors (Lipinski definition) is 5. The smallest absolute Gasteiger partial charge is 0.260 e. The Kier molecular flexibility index (Phi) is 7.50. The van der Waals surface area contributed by atoms with Gasteiger partial charge >= 0.3 is 0 Å². The lowest BCUT2D eigenvalue weighted by Gasteiger charge is -2.19. The molecule has 142 valence electrons. The van der Waals surface area contributed by atoms with Crippen LogP contribution in [0.25, 0.3) is 0 Å². The Morgan fingerprint density at radius 1 is 1.22 bits per heavy atom. The van der Waals surface area contributed by atoms with Crippen LogP contribution in [0.3, 0.4) is 0 Å². The molecule has 0 atom stereocenters. The lowest BCUT2D eigenvalue weighted by molar-refractivity contribution is -0.132. The Hall–Kier alpha value is -2.72. The summed E-state index contributed by atoms with van der Waals surface area (Å²) in [6, 6.07) is 12.8. The van der Waals surface area contributed by atoms with Crippen molar-refractivity contribution >= 4 is 21.8 Å². The number of methoxy groups -OCH3 is 1. The van der Waals surface area contributed by atoms with Crippen molar-refractivity contribution in [1.82, 2.24) is 4.90 Å². The van der Waals surface area contributed by atoms with Crippen molar-refractivity contribution in [1.29, 1.82) is 5.26 Å². The summed E-state index contributed by atoms with van der Waals surface area (Å²) in [5.74, 6) is 1.42. The van der Waals surface area contributed by atoms with E-state index in [0.717, 1.165) is 11.3 Å². The molecule has 0 heterocycles. The number of halogens is 1. The first kappa shape index (κ1) is 20.6. The van der Waals surface area contributed by atoms with E-state index in [1.165, 1.54) is 0 Å². The molecule has 0 saturated carbocycles. The number of rotatable bonds is 8. The molecule has 2 aromatic carbocycles. The molecule has 2 aromatic rings. The summed E-state index contributed by atoms with van der Waals surface area (Å²) in [6.07, 6.45) is 0. The lowest BCUT2D eigenvalue weighted by Crippen LogP contribution is -2.31. The number of ether oxygens (including phenoxy) is 3. The molecule has 27 heavy (non-hydrogen) atoms. The van der Waals surface area contributed by atoms with Gasteiger partial charge in [0.1, 0.15) is 5.75 Å². The molecule has 0 saturated heterocycles. The second-order valence-corrected chi connectivity index (χ2v) is 6.57. The highest BCUT2D eigenvalue weighted by atomic mass is 79.9. The summed E-state index contributed by atoms with van der Waals surface area (Å²) < 4.78 is 16.9. The number of amides is 1. The minimum absolute atomic E-state index is 0.142. The number of carbonyl (C=O) groups is 1. The molecule has 0 spiro atoms. The maximum Gasteiger partial charge on any atom is 0.260 e. The minimum Gasteiger partial charge on any atom is -0.497 e. The van der Waals surface area contributed by atoms with Crippen molar-refractivity contribution < 1.29 is 19.0 Å². The Bertz CT molecular complexity index is 831. The van der Waals surface area contributed by atoms with Crippen LogP contribution in [-0.2, 0) is 11.3 Å². The predicted molar refractivity (Wildman–Crippen MR) is 105 cm³/mol. The van der Waals surface area contributed by atoms with E-state index in [2.05, 4.69) is 22.0 Å². The van der Waals surface area contributed by atoms with Gasteiger partial charge in [0.15, 0.2) is 18.1 Å². The van der Waals surface area contributed by atoms with Gasteiger partial charge in [-0.25, -0.2) is 0 Å². The van der Waals surface area contributed by atoms with E-state index < -0.39 is 0 Å². The van der Waals surface area contributed by atoms with Crippen molar-refractivity contribution in [3.05, 3.63) is 52.0 Å². The maximum absolute atomic E-state index is 12.4. The van der Waals surface area contributed by atoms with Gasteiger partial charge in [-0.2, -0.15) is 5.26 Å². The number of likely N-dealkylation sites (N-methyl/N-ethyl adjacent to an activating group) is 1. The average Bonchev–Trinajstić information content (AvgIpc) is 2.67. The van der Waals surface area contributed by atoms with Crippen LogP contribution in [0.4, 0.5) is 0 Å². The van der Waals surface area contributed by atoms with Crippen molar-refractivity contribution in [2.75, 3.05) is 27.4 Å². The third-order valence-electron chi connectivity index (χ3n) is 3.78. The maximum atomic E-state index is 12.4. The van der Waals surface area contributed by atoms with Crippen molar-refractivity contribution in [2.45, 2.75) is 13.5 Å². The van der Waals surface area contributed by atoms with Crippen molar-refractivity contribution in [3.63, 3.8) is 0 Å². The quantitative estimate of drug-likeness (QED) is 0.634. The monoisotopic (exact) mass is 432 g/mol. The van der Waals surface area contributed by atoms with Gasteiger partial charge in [0, 0.05) is 19.7 Å². The third kappa shape index (κ3) is 5.63. The fourth-order valence-electron chi connectivity index (χ4n) is 2.37. The standard InChI is InChI=1S/C20H21BrN2O4/c1-4-26-18-10-15(11-22)9-17(21)20(18)27-13-19(24)23(2)12-14-5-7-16(25-3)8-6-14/h5-10H,4,12-13H2,1-3H3. The first-order valence-electron chi connectivity index (χ1n) is 8.34. The van der Waals surface area contributed by atoms with E-state index in [1.807, 2.05) is 31.2 Å². The van der Waals surface area contributed by atoms with Crippen LogP contribution < -0.4 is 14.2 Å². The number of nitriles is 1. The van der Waals surface area contributed by atoms with Gasteiger partial charge in [0.05, 0.1) is 29.8 Å². The van der Waals surface area contributed by atoms with Gasteiger partial charge in [0.25, 0.3) is 5.91 Å². The van der Waals surface area contributed by atoms with Crippen LogP contribution >= 0.6 is 15.9 Å². The SMILES string of the molecule is CCOc1cc(C#N)cc(Br)c1OCC(=O)N(C)Cc1ccc(OC)cc1. The van der Waals surface area contributed by atoms with E-state index in [4.69, 9.17) is 19.5 Å². The molecule has 7 heteroatoms. The highest BCUT2D eigenvalue weighted by Gasteiger charge is 2.16. The molecule has 1 amide bonds. The van der Waals surface area contributed by atoms with E-state index in [-0.39, 0.29) is 12.5 Å². The normalized spacial score (nSPS) is 10.0. The van der Waals surface area contributed by atoms with Crippen LogP contribution in [0.2, 0.25) is 0 Å². The Labute approximate surface area is 167 Å². The molecule has 0 bridgehead atoms. The number of benzene rings is 2. The summed E-state index contributed by atoms with van der Waals surface area (Å²) in [4.78, 5) is 14.0. The van der Waals surface area contributed by atoms with Gasteiger partial charge in [-0.3, -0.25) is 4.79 Å². The first-order valence-corrected chi connectivity index (χ1v) is 9.14. The van der Waals surface area contributed by atoms with E-state index in [0.29, 0.717) is 34.7 Å². The first-order chi connectivity index (χ1) is 13.0. The van der Waals surface area contributed by atoms with Gasteiger partial charge in [-0.05, 0) is 46.6 Å². The molecular weight excluding hydrogens is 412 g/mol. The molecule has 0 N–H and O–H groups in total. The number of carbonyl (C=O) groups excluding carboxylic acids is 1. The second-order valence-electron chi connectivity index (χ2n) is 5.72. The molecule has 0 aliphatic heterocycles. The zero-order valence-corrected chi connectivity index (χ0v) is 17.1. The molecule has 0 fully saturated rings. The van der Waals surface area contributed by atoms with Gasteiger partial charge < -0.3 is 19.1 Å². The van der Waals surface area contributed by atoms with Crippen LogP contribution in [-0.4, -0.2) is 38.2 Å². The van der Waals surface area contributed by atoms with Crippen LogP contribution in [0.5, 0.6) is 17.2 Å².